The summed E-state index contributed by atoms with van der Waals surface area (Å²) >= 11 is 7.99. The Bertz CT molecular complexity index is 427. The molecule has 0 saturated heterocycles. The number of hydrogen-bond acceptors (Lipinski definition) is 2. The molecule has 1 aromatic carbocycles. The van der Waals surface area contributed by atoms with E-state index in [2.05, 4.69) is 0 Å². The summed E-state index contributed by atoms with van der Waals surface area (Å²) in [5, 5.41) is 0. The fourth-order valence-corrected chi connectivity index (χ4v) is 5.32. The Balaban J connectivity index is 3.77. The van der Waals surface area contributed by atoms with E-state index in [-0.39, 0.29) is 0 Å². The summed E-state index contributed by atoms with van der Waals surface area (Å²) < 4.78 is 2.68. The zero-order valence-corrected chi connectivity index (χ0v) is 16.1. The first kappa shape index (κ1) is 15.1. The number of rotatable bonds is 2. The summed E-state index contributed by atoms with van der Waals surface area (Å²) in [4.78, 5) is 22.6. The SMILES string of the molecule is NC(=O)c1c(I)c(I)c(C(N)=O)c(I)c1I. The maximum absolute atomic E-state index is 11.3. The Morgan fingerprint density at radius 1 is 0.688 bits per heavy atom. The van der Waals surface area contributed by atoms with E-state index in [1.807, 2.05) is 90.4 Å². The monoisotopic (exact) mass is 668 g/mol. The maximum Gasteiger partial charge on any atom is 0.250 e. The molecule has 0 radical (unpaired) electrons. The van der Waals surface area contributed by atoms with Crippen LogP contribution in [-0.2, 0) is 0 Å². The van der Waals surface area contributed by atoms with Crippen LogP contribution < -0.4 is 11.5 Å². The highest BCUT2D eigenvalue weighted by atomic mass is 127. The highest BCUT2D eigenvalue weighted by Crippen LogP contribution is 2.32. The number of halogens is 4. The van der Waals surface area contributed by atoms with E-state index < -0.39 is 11.8 Å². The summed E-state index contributed by atoms with van der Waals surface area (Å²) in [6.45, 7) is 0. The minimum Gasteiger partial charge on any atom is -0.366 e. The van der Waals surface area contributed by atoms with Crippen molar-refractivity contribution in [1.29, 1.82) is 0 Å². The van der Waals surface area contributed by atoms with Gasteiger partial charge in [-0.2, -0.15) is 0 Å². The Hall–Kier alpha value is 1.08. The first-order valence-electron chi connectivity index (χ1n) is 3.74. The molecule has 0 heterocycles. The molecule has 1 rings (SSSR count). The van der Waals surface area contributed by atoms with E-state index in [0.29, 0.717) is 25.4 Å². The first-order chi connectivity index (χ1) is 7.29. The zero-order valence-electron chi connectivity index (χ0n) is 7.48. The van der Waals surface area contributed by atoms with Gasteiger partial charge in [-0.25, -0.2) is 0 Å². The lowest BCUT2D eigenvalue weighted by Crippen LogP contribution is -2.22. The Morgan fingerprint density at radius 3 is 1.00 bits per heavy atom. The molecule has 1 aromatic rings. The molecule has 86 valence electrons. The van der Waals surface area contributed by atoms with Crippen molar-refractivity contribution < 1.29 is 9.59 Å². The minimum absolute atomic E-state index is 0.444. The molecule has 0 saturated carbocycles. The molecule has 0 aliphatic carbocycles. The highest BCUT2D eigenvalue weighted by Gasteiger charge is 2.24. The molecule has 16 heavy (non-hydrogen) atoms. The maximum atomic E-state index is 11.3. The smallest absolute Gasteiger partial charge is 0.250 e. The van der Waals surface area contributed by atoms with E-state index in [0.717, 1.165) is 0 Å². The van der Waals surface area contributed by atoms with Gasteiger partial charge >= 0.3 is 0 Å². The lowest BCUT2D eigenvalue weighted by molar-refractivity contribution is 0.0985. The van der Waals surface area contributed by atoms with Crippen LogP contribution in [-0.4, -0.2) is 11.8 Å². The lowest BCUT2D eigenvalue weighted by atomic mass is 10.1. The average Bonchev–Trinajstić information content (AvgIpc) is 2.14. The molecule has 0 aliphatic heterocycles. The zero-order chi connectivity index (χ0) is 12.6. The van der Waals surface area contributed by atoms with Crippen LogP contribution in [0.2, 0.25) is 0 Å². The molecule has 4 N–H and O–H groups in total. The molecule has 0 spiro atoms. The summed E-state index contributed by atoms with van der Waals surface area (Å²) in [5.74, 6) is -0.999. The lowest BCUT2D eigenvalue weighted by Gasteiger charge is -2.12. The van der Waals surface area contributed by atoms with Gasteiger partial charge in [-0.05, 0) is 90.4 Å². The second-order valence-electron chi connectivity index (χ2n) is 2.73. The van der Waals surface area contributed by atoms with Crippen LogP contribution in [0.25, 0.3) is 0 Å². The third-order valence-electron chi connectivity index (χ3n) is 1.76. The number of nitrogens with two attached hydrogens (primary N) is 2. The van der Waals surface area contributed by atoms with Gasteiger partial charge in [-0.15, -0.1) is 0 Å². The van der Waals surface area contributed by atoms with E-state index in [1.165, 1.54) is 0 Å². The van der Waals surface area contributed by atoms with Gasteiger partial charge in [0.25, 0.3) is 11.8 Å². The van der Waals surface area contributed by atoms with Gasteiger partial charge in [-0.3, -0.25) is 9.59 Å². The molecule has 4 nitrogen and oxygen atoms in total. The van der Waals surface area contributed by atoms with Crippen molar-refractivity contribution >= 4 is 102 Å². The summed E-state index contributed by atoms with van der Waals surface area (Å²) in [5.41, 5.74) is 11.5. The van der Waals surface area contributed by atoms with Crippen molar-refractivity contribution in [1.82, 2.24) is 0 Å². The Morgan fingerprint density at radius 2 is 0.875 bits per heavy atom. The van der Waals surface area contributed by atoms with Gasteiger partial charge in [-0.1, -0.05) is 0 Å². The van der Waals surface area contributed by atoms with Crippen LogP contribution in [0.4, 0.5) is 0 Å². The third-order valence-corrected chi connectivity index (χ3v) is 8.14. The largest absolute Gasteiger partial charge is 0.366 e. The number of amides is 2. The van der Waals surface area contributed by atoms with E-state index in [9.17, 15) is 9.59 Å². The minimum atomic E-state index is -0.499. The van der Waals surface area contributed by atoms with Crippen LogP contribution in [0.1, 0.15) is 20.7 Å². The number of carbonyl (C=O) groups is 2. The van der Waals surface area contributed by atoms with Gasteiger partial charge in [0.1, 0.15) is 0 Å². The molecule has 0 atom stereocenters. The van der Waals surface area contributed by atoms with Gasteiger partial charge in [0, 0.05) is 14.3 Å². The normalized spacial score (nSPS) is 10.2. The van der Waals surface area contributed by atoms with Crippen molar-refractivity contribution in [3.63, 3.8) is 0 Å². The molecule has 8 heteroatoms. The highest BCUT2D eigenvalue weighted by molar-refractivity contribution is 14.1. The molecule has 2 amide bonds. The van der Waals surface area contributed by atoms with Crippen molar-refractivity contribution in [2.24, 2.45) is 11.5 Å². The Labute approximate surface area is 146 Å². The van der Waals surface area contributed by atoms with Crippen LogP contribution in [0.5, 0.6) is 0 Å². The fraction of sp³-hybridized carbons (Fsp3) is 0. The summed E-state index contributed by atoms with van der Waals surface area (Å²) in [6.07, 6.45) is 0. The molecule has 0 unspecified atom stereocenters. The predicted octanol–water partition coefficient (Wildman–Crippen LogP) is 2.30. The quantitative estimate of drug-likeness (QED) is 0.375. The van der Waals surface area contributed by atoms with Gasteiger partial charge in [0.15, 0.2) is 0 Å². The fourth-order valence-electron chi connectivity index (χ4n) is 1.06. The van der Waals surface area contributed by atoms with Gasteiger partial charge in [0.05, 0.1) is 11.1 Å². The summed E-state index contributed by atoms with van der Waals surface area (Å²) in [6, 6.07) is 0. The second-order valence-corrected chi connectivity index (χ2v) is 7.05. The number of primary amides is 2. The van der Waals surface area contributed by atoms with Crippen LogP contribution in [0, 0.1) is 14.3 Å². The van der Waals surface area contributed by atoms with Gasteiger partial charge < -0.3 is 11.5 Å². The molecular formula is C8H4I4N2O2. The number of carbonyl (C=O) groups excluding carboxylic acids is 2. The predicted molar refractivity (Wildman–Crippen MR) is 94.3 cm³/mol. The summed E-state index contributed by atoms with van der Waals surface area (Å²) in [7, 11) is 0. The van der Waals surface area contributed by atoms with Crippen molar-refractivity contribution in [3.8, 4) is 0 Å². The van der Waals surface area contributed by atoms with E-state index >= 15 is 0 Å². The third kappa shape index (κ3) is 2.73. The first-order valence-corrected chi connectivity index (χ1v) is 8.06. The van der Waals surface area contributed by atoms with Crippen molar-refractivity contribution in [2.75, 3.05) is 0 Å². The standard InChI is InChI=1S/C8H4I4N2O2/c9-3-1(7(13)15)4(10)6(12)2(5(3)11)8(14)16/h(H2,13,15)(H2,14,16). The van der Waals surface area contributed by atoms with Crippen LogP contribution >= 0.6 is 90.4 Å². The molecule has 0 bridgehead atoms. The number of hydrogen-bond donors (Lipinski definition) is 2. The average molecular weight is 668 g/mol. The van der Waals surface area contributed by atoms with Crippen molar-refractivity contribution in [2.45, 2.75) is 0 Å². The van der Waals surface area contributed by atoms with E-state index in [4.69, 9.17) is 11.5 Å². The number of benzene rings is 1. The van der Waals surface area contributed by atoms with Crippen LogP contribution in [0.3, 0.4) is 0 Å². The van der Waals surface area contributed by atoms with Gasteiger partial charge in [0.2, 0.25) is 0 Å². The Kier molecular flexibility index (Phi) is 5.50. The molecule has 0 fully saturated rings. The second kappa shape index (κ2) is 5.81. The van der Waals surface area contributed by atoms with E-state index in [1.54, 1.807) is 0 Å². The molecular weight excluding hydrogens is 664 g/mol. The molecule has 0 aromatic heterocycles. The van der Waals surface area contributed by atoms with Crippen molar-refractivity contribution in [3.05, 3.63) is 25.4 Å². The van der Waals surface area contributed by atoms with Crippen LogP contribution in [0.15, 0.2) is 0 Å². The topological polar surface area (TPSA) is 86.2 Å². The molecule has 0 aliphatic rings.